The smallest absolute Gasteiger partial charge is 0.281 e. The average molecular weight is 441 g/mol. The van der Waals surface area contributed by atoms with Crippen molar-refractivity contribution in [2.75, 3.05) is 5.32 Å². The molecule has 0 aliphatic heterocycles. The standard InChI is InChI=1S/C21H19N3O6S/c1-12-5-4-6-19(13(12)2)30-10-15-7-20(31-11-15)21(25)22-16-8-17(23(26)27)14(3)18(9-16)24(28)29/h4-9,11H,10H2,1-3H3,(H,22,25). The predicted molar refractivity (Wildman–Crippen MR) is 117 cm³/mol. The number of nitrogens with one attached hydrogen (secondary N) is 1. The number of nitro benzene ring substituents is 2. The average Bonchev–Trinajstić information content (AvgIpc) is 3.19. The fourth-order valence-electron chi connectivity index (χ4n) is 2.94. The van der Waals surface area contributed by atoms with Crippen LogP contribution >= 0.6 is 11.3 Å². The van der Waals surface area contributed by atoms with Crippen molar-refractivity contribution in [3.63, 3.8) is 0 Å². The molecule has 0 unspecified atom stereocenters. The van der Waals surface area contributed by atoms with Crippen LogP contribution in [0.2, 0.25) is 0 Å². The normalized spacial score (nSPS) is 10.5. The van der Waals surface area contributed by atoms with Gasteiger partial charge in [0.05, 0.1) is 20.4 Å². The molecule has 0 aliphatic rings. The number of nitrogens with zero attached hydrogens (tertiary/aromatic N) is 2. The molecule has 1 heterocycles. The van der Waals surface area contributed by atoms with E-state index in [9.17, 15) is 25.0 Å². The Hall–Kier alpha value is -3.79. The van der Waals surface area contributed by atoms with Gasteiger partial charge in [-0.2, -0.15) is 0 Å². The summed E-state index contributed by atoms with van der Waals surface area (Å²) in [5.41, 5.74) is 1.99. The van der Waals surface area contributed by atoms with Crippen molar-refractivity contribution in [1.82, 2.24) is 0 Å². The zero-order chi connectivity index (χ0) is 22.7. The molecular weight excluding hydrogens is 422 g/mol. The first-order chi connectivity index (χ1) is 14.7. The maximum atomic E-state index is 12.6. The lowest BCUT2D eigenvalue weighted by Gasteiger charge is -2.09. The molecule has 0 fully saturated rings. The lowest BCUT2D eigenvalue weighted by Crippen LogP contribution is -2.11. The molecule has 0 saturated carbocycles. The fraction of sp³-hybridized carbons (Fsp3) is 0.190. The van der Waals surface area contributed by atoms with Crippen molar-refractivity contribution in [2.24, 2.45) is 0 Å². The Balaban J connectivity index is 1.75. The van der Waals surface area contributed by atoms with Crippen LogP contribution in [0.4, 0.5) is 17.1 Å². The van der Waals surface area contributed by atoms with Crippen molar-refractivity contribution in [1.29, 1.82) is 0 Å². The van der Waals surface area contributed by atoms with E-state index in [0.717, 1.165) is 34.6 Å². The summed E-state index contributed by atoms with van der Waals surface area (Å²) < 4.78 is 5.84. The first-order valence-electron chi connectivity index (χ1n) is 9.18. The number of amides is 1. The van der Waals surface area contributed by atoms with Gasteiger partial charge in [0.2, 0.25) is 0 Å². The van der Waals surface area contributed by atoms with Gasteiger partial charge in [0.25, 0.3) is 17.3 Å². The van der Waals surface area contributed by atoms with Gasteiger partial charge in [0, 0.05) is 17.7 Å². The number of aryl methyl sites for hydroxylation is 1. The van der Waals surface area contributed by atoms with Gasteiger partial charge in [0.15, 0.2) is 0 Å². The predicted octanol–water partition coefficient (Wildman–Crippen LogP) is 5.32. The Morgan fingerprint density at radius 1 is 1.03 bits per heavy atom. The summed E-state index contributed by atoms with van der Waals surface area (Å²) in [6, 6.07) is 9.65. The molecule has 1 aromatic heterocycles. The Bertz CT molecular complexity index is 1150. The van der Waals surface area contributed by atoms with Crippen LogP contribution in [0.15, 0.2) is 41.8 Å². The van der Waals surface area contributed by atoms with Crippen LogP contribution in [0.25, 0.3) is 0 Å². The van der Waals surface area contributed by atoms with Gasteiger partial charge in [-0.25, -0.2) is 0 Å². The van der Waals surface area contributed by atoms with Gasteiger partial charge < -0.3 is 10.1 Å². The second-order valence-electron chi connectivity index (χ2n) is 6.91. The monoisotopic (exact) mass is 441 g/mol. The molecule has 31 heavy (non-hydrogen) atoms. The van der Waals surface area contributed by atoms with E-state index in [1.807, 2.05) is 32.0 Å². The molecular formula is C21H19N3O6S. The first kappa shape index (κ1) is 21.9. The summed E-state index contributed by atoms with van der Waals surface area (Å²) in [5, 5.41) is 26.7. The van der Waals surface area contributed by atoms with Crippen LogP contribution in [-0.2, 0) is 6.61 Å². The van der Waals surface area contributed by atoms with Crippen LogP contribution in [0.5, 0.6) is 5.75 Å². The molecule has 0 bridgehead atoms. The van der Waals surface area contributed by atoms with Crippen LogP contribution < -0.4 is 10.1 Å². The number of carbonyl (C=O) groups excluding carboxylic acids is 1. The van der Waals surface area contributed by atoms with E-state index in [1.165, 1.54) is 18.3 Å². The first-order valence-corrected chi connectivity index (χ1v) is 10.1. The molecule has 3 aromatic rings. The number of hydrogen-bond donors (Lipinski definition) is 1. The number of anilines is 1. The highest BCUT2D eigenvalue weighted by Gasteiger charge is 2.24. The maximum Gasteiger partial charge on any atom is 0.281 e. The molecule has 3 rings (SSSR count). The van der Waals surface area contributed by atoms with Crippen LogP contribution in [-0.4, -0.2) is 15.8 Å². The SMILES string of the molecule is Cc1cccc(OCc2csc(C(=O)Nc3cc([N+](=O)[O-])c(C)c([N+](=O)[O-])c3)c2)c1C. The largest absolute Gasteiger partial charge is 0.489 e. The van der Waals surface area contributed by atoms with E-state index < -0.39 is 27.1 Å². The Morgan fingerprint density at radius 3 is 2.29 bits per heavy atom. The van der Waals surface area contributed by atoms with E-state index in [-0.39, 0.29) is 17.9 Å². The second-order valence-corrected chi connectivity index (χ2v) is 7.82. The van der Waals surface area contributed by atoms with E-state index >= 15 is 0 Å². The molecule has 2 aromatic carbocycles. The molecule has 0 atom stereocenters. The molecule has 160 valence electrons. The lowest BCUT2D eigenvalue weighted by molar-refractivity contribution is -0.395. The lowest BCUT2D eigenvalue weighted by atomic mass is 10.1. The number of carbonyl (C=O) groups is 1. The minimum Gasteiger partial charge on any atom is -0.489 e. The van der Waals surface area contributed by atoms with E-state index in [4.69, 9.17) is 4.74 Å². The van der Waals surface area contributed by atoms with Gasteiger partial charge in [-0.15, -0.1) is 11.3 Å². The summed E-state index contributed by atoms with van der Waals surface area (Å²) >= 11 is 1.18. The van der Waals surface area contributed by atoms with Crippen molar-refractivity contribution in [3.05, 3.63) is 89.1 Å². The molecule has 0 saturated heterocycles. The minimum absolute atomic E-state index is 0.0180. The minimum atomic E-state index is -0.716. The van der Waals surface area contributed by atoms with E-state index in [1.54, 1.807) is 11.4 Å². The van der Waals surface area contributed by atoms with Gasteiger partial charge in [0.1, 0.15) is 17.9 Å². The Morgan fingerprint density at radius 2 is 1.68 bits per heavy atom. The van der Waals surface area contributed by atoms with Crippen molar-refractivity contribution >= 4 is 34.3 Å². The molecule has 10 heteroatoms. The highest BCUT2D eigenvalue weighted by molar-refractivity contribution is 7.12. The summed E-state index contributed by atoms with van der Waals surface area (Å²) in [4.78, 5) is 33.9. The highest BCUT2D eigenvalue weighted by Crippen LogP contribution is 2.32. The van der Waals surface area contributed by atoms with Crippen molar-refractivity contribution < 1.29 is 19.4 Å². The highest BCUT2D eigenvalue weighted by atomic mass is 32.1. The van der Waals surface area contributed by atoms with Crippen LogP contribution in [0.1, 0.15) is 31.9 Å². The molecule has 0 aliphatic carbocycles. The molecule has 1 amide bonds. The topological polar surface area (TPSA) is 125 Å². The third-order valence-corrected chi connectivity index (χ3v) is 5.81. The summed E-state index contributed by atoms with van der Waals surface area (Å²) in [7, 11) is 0. The number of benzene rings is 2. The van der Waals surface area contributed by atoms with Crippen LogP contribution in [0.3, 0.4) is 0 Å². The summed E-state index contributed by atoms with van der Waals surface area (Å²) in [6.07, 6.45) is 0. The van der Waals surface area contributed by atoms with Crippen LogP contribution in [0, 0.1) is 41.0 Å². The van der Waals surface area contributed by atoms with Crippen molar-refractivity contribution in [2.45, 2.75) is 27.4 Å². The third kappa shape index (κ3) is 4.86. The summed E-state index contributed by atoms with van der Waals surface area (Å²) in [6.45, 7) is 5.53. The van der Waals surface area contributed by atoms with Gasteiger partial charge in [-0.3, -0.25) is 25.0 Å². The number of rotatable bonds is 7. The maximum absolute atomic E-state index is 12.6. The molecule has 9 nitrogen and oxygen atoms in total. The second kappa shape index (κ2) is 8.92. The Labute approximate surface area is 181 Å². The molecule has 1 N–H and O–H groups in total. The number of nitro groups is 2. The zero-order valence-corrected chi connectivity index (χ0v) is 17.8. The van der Waals surface area contributed by atoms with Gasteiger partial charge in [-0.05, 0) is 49.4 Å². The quantitative estimate of drug-likeness (QED) is 0.391. The van der Waals surface area contributed by atoms with E-state index in [0.29, 0.717) is 4.88 Å². The molecule has 0 spiro atoms. The van der Waals surface area contributed by atoms with Crippen molar-refractivity contribution in [3.8, 4) is 5.75 Å². The van der Waals surface area contributed by atoms with Gasteiger partial charge >= 0.3 is 0 Å². The number of ether oxygens (including phenoxy) is 1. The zero-order valence-electron chi connectivity index (χ0n) is 17.0. The Kier molecular flexibility index (Phi) is 6.30. The number of hydrogen-bond acceptors (Lipinski definition) is 7. The van der Waals surface area contributed by atoms with E-state index in [2.05, 4.69) is 5.32 Å². The fourth-order valence-corrected chi connectivity index (χ4v) is 3.73. The third-order valence-electron chi connectivity index (χ3n) is 4.83. The molecule has 0 radical (unpaired) electrons. The van der Waals surface area contributed by atoms with Gasteiger partial charge in [-0.1, -0.05) is 12.1 Å². The number of thiophene rings is 1. The summed E-state index contributed by atoms with van der Waals surface area (Å²) in [5.74, 6) is 0.243.